The molecule has 4 bridgehead atoms. The summed E-state index contributed by atoms with van der Waals surface area (Å²) in [6.45, 7) is 4.20. The maximum atomic E-state index is 12.5. The second-order valence-electron chi connectivity index (χ2n) is 10.2. The SMILES string of the molecule is CNC[C@]12C[C@@H](O)[C@]34OC5(OC)CC[C@@]3(C)[C@H](CC=C4[C@@]1(O)CC=C2C(C)=O)C5. The number of hydrogen-bond donors (Lipinski definition) is 3. The number of ether oxygens (including phenoxy) is 2. The van der Waals surface area contributed by atoms with Crippen LogP contribution in [0, 0.1) is 16.7 Å². The highest BCUT2D eigenvalue weighted by Gasteiger charge is 2.78. The predicted molar refractivity (Wildman–Crippen MR) is 107 cm³/mol. The van der Waals surface area contributed by atoms with Crippen LogP contribution in [-0.4, -0.2) is 59.8 Å². The van der Waals surface area contributed by atoms with Crippen LogP contribution in [0.3, 0.4) is 0 Å². The number of aliphatic hydroxyl groups is 2. The molecule has 29 heavy (non-hydrogen) atoms. The molecule has 0 aromatic heterocycles. The van der Waals surface area contributed by atoms with Crippen LogP contribution < -0.4 is 5.32 Å². The van der Waals surface area contributed by atoms with Crippen molar-refractivity contribution in [2.24, 2.45) is 16.7 Å². The maximum absolute atomic E-state index is 12.5. The Hall–Kier alpha value is -1.05. The van der Waals surface area contributed by atoms with E-state index in [1.165, 1.54) is 0 Å². The van der Waals surface area contributed by atoms with Gasteiger partial charge in [-0.05, 0) is 51.1 Å². The summed E-state index contributed by atoms with van der Waals surface area (Å²) < 4.78 is 12.7. The molecule has 0 aromatic carbocycles. The van der Waals surface area contributed by atoms with Gasteiger partial charge in [0.2, 0.25) is 0 Å². The molecular formula is C23H33NO5. The maximum Gasteiger partial charge on any atom is 0.169 e. The number of ketones is 1. The second kappa shape index (κ2) is 5.80. The first-order valence-electron chi connectivity index (χ1n) is 10.9. The minimum absolute atomic E-state index is 0.0423. The minimum Gasteiger partial charge on any atom is -0.390 e. The molecule has 0 amide bonds. The molecule has 6 aliphatic rings. The summed E-state index contributed by atoms with van der Waals surface area (Å²) >= 11 is 0. The number of allylic oxidation sites excluding steroid dienone is 1. The lowest BCUT2D eigenvalue weighted by molar-refractivity contribution is -0.406. The fourth-order valence-corrected chi connectivity index (χ4v) is 7.88. The Labute approximate surface area is 172 Å². The van der Waals surface area contributed by atoms with Crippen LogP contribution in [0.1, 0.15) is 52.4 Å². The van der Waals surface area contributed by atoms with Gasteiger partial charge in [-0.1, -0.05) is 19.1 Å². The summed E-state index contributed by atoms with van der Waals surface area (Å²) in [7, 11) is 3.51. The van der Waals surface area contributed by atoms with Crippen LogP contribution in [0.4, 0.5) is 0 Å². The summed E-state index contributed by atoms with van der Waals surface area (Å²) in [5.74, 6) is -0.415. The average Bonchev–Trinajstić information content (AvgIpc) is 2.95. The molecule has 4 aliphatic carbocycles. The standard InChI is InChI=1S/C23H33NO5/c1-14(25)16-7-8-22(27)17-6-5-15-11-21(28-4)10-9-19(15,2)23(17,29-21)18(26)12-20(16,22)13-24-3/h6-7,15,18,24,26-27H,5,8-13H2,1-4H3/t15-,18-,19+,20+,21?,22+,23+/m1/s1. The summed E-state index contributed by atoms with van der Waals surface area (Å²) in [6, 6.07) is 0. The van der Waals surface area contributed by atoms with Crippen molar-refractivity contribution in [1.29, 1.82) is 0 Å². The van der Waals surface area contributed by atoms with E-state index < -0.39 is 28.5 Å². The van der Waals surface area contributed by atoms with E-state index in [9.17, 15) is 15.0 Å². The van der Waals surface area contributed by atoms with Gasteiger partial charge in [0.25, 0.3) is 0 Å². The zero-order chi connectivity index (χ0) is 20.9. The lowest BCUT2D eigenvalue weighted by Crippen LogP contribution is -2.79. The van der Waals surface area contributed by atoms with Gasteiger partial charge in [0.15, 0.2) is 11.6 Å². The zero-order valence-corrected chi connectivity index (χ0v) is 17.9. The first-order valence-corrected chi connectivity index (χ1v) is 10.9. The van der Waals surface area contributed by atoms with E-state index >= 15 is 0 Å². The van der Waals surface area contributed by atoms with Crippen molar-refractivity contribution in [2.75, 3.05) is 20.7 Å². The van der Waals surface area contributed by atoms with Crippen LogP contribution in [0.2, 0.25) is 0 Å². The molecule has 2 heterocycles. The van der Waals surface area contributed by atoms with E-state index in [1.807, 2.05) is 13.1 Å². The number of nitrogens with one attached hydrogen (secondary N) is 1. The third-order valence-corrected chi connectivity index (χ3v) is 9.28. The Morgan fingerprint density at radius 2 is 2.10 bits per heavy atom. The Kier molecular flexibility index (Phi) is 3.98. The van der Waals surface area contributed by atoms with Crippen molar-refractivity contribution in [3.63, 3.8) is 0 Å². The molecule has 160 valence electrons. The molecule has 7 atom stereocenters. The summed E-state index contributed by atoms with van der Waals surface area (Å²) in [4.78, 5) is 12.5. The fourth-order valence-electron chi connectivity index (χ4n) is 7.88. The molecule has 0 aromatic rings. The lowest BCUT2D eigenvalue weighted by atomic mass is 9.41. The van der Waals surface area contributed by atoms with Gasteiger partial charge >= 0.3 is 0 Å². The molecule has 6 heteroatoms. The van der Waals surface area contributed by atoms with E-state index in [1.54, 1.807) is 14.0 Å². The number of carbonyl (C=O) groups is 1. The number of hydrogen-bond acceptors (Lipinski definition) is 6. The third kappa shape index (κ3) is 1.98. The summed E-state index contributed by atoms with van der Waals surface area (Å²) in [6.07, 6.45) is 7.17. The van der Waals surface area contributed by atoms with Crippen molar-refractivity contribution >= 4 is 5.78 Å². The average molecular weight is 404 g/mol. The fraction of sp³-hybridized carbons (Fsp3) is 0.783. The number of fused-ring (bicyclic) bond motifs is 3. The van der Waals surface area contributed by atoms with Crippen molar-refractivity contribution in [3.05, 3.63) is 23.3 Å². The molecule has 0 radical (unpaired) electrons. The van der Waals surface area contributed by atoms with Crippen LogP contribution in [0.25, 0.3) is 0 Å². The van der Waals surface area contributed by atoms with Gasteiger partial charge in [-0.3, -0.25) is 4.79 Å². The van der Waals surface area contributed by atoms with Crippen molar-refractivity contribution in [2.45, 2.75) is 75.5 Å². The van der Waals surface area contributed by atoms with E-state index in [-0.39, 0.29) is 17.6 Å². The van der Waals surface area contributed by atoms with Gasteiger partial charge in [0, 0.05) is 42.9 Å². The Bertz CT molecular complexity index is 837. The highest BCUT2D eigenvalue weighted by atomic mass is 16.7. The predicted octanol–water partition coefficient (Wildman–Crippen LogP) is 1.86. The second-order valence-corrected chi connectivity index (χ2v) is 10.2. The molecule has 1 unspecified atom stereocenters. The molecule has 2 saturated heterocycles. The summed E-state index contributed by atoms with van der Waals surface area (Å²) in [5, 5.41) is 27.2. The molecule has 3 N–H and O–H groups in total. The van der Waals surface area contributed by atoms with Crippen LogP contribution in [0.5, 0.6) is 0 Å². The molecule has 4 fully saturated rings. The van der Waals surface area contributed by atoms with Gasteiger partial charge < -0.3 is 25.0 Å². The Morgan fingerprint density at radius 1 is 1.34 bits per heavy atom. The zero-order valence-electron chi connectivity index (χ0n) is 17.9. The van der Waals surface area contributed by atoms with Gasteiger partial charge in [0.1, 0.15) is 11.2 Å². The van der Waals surface area contributed by atoms with Gasteiger partial charge in [-0.2, -0.15) is 0 Å². The van der Waals surface area contributed by atoms with E-state index in [0.29, 0.717) is 24.5 Å². The first-order chi connectivity index (χ1) is 13.6. The quantitative estimate of drug-likeness (QED) is 0.621. The van der Waals surface area contributed by atoms with Crippen molar-refractivity contribution in [3.8, 4) is 0 Å². The number of aliphatic hydroxyl groups excluding tert-OH is 1. The third-order valence-electron chi connectivity index (χ3n) is 9.28. The van der Waals surface area contributed by atoms with E-state index in [2.05, 4.69) is 18.3 Å². The highest BCUT2D eigenvalue weighted by Crippen LogP contribution is 2.73. The number of carbonyl (C=O) groups excluding carboxylic acids is 1. The van der Waals surface area contributed by atoms with Gasteiger partial charge in [-0.25, -0.2) is 0 Å². The number of Topliss-reactive ketones (excluding diaryl/α,β-unsaturated/α-hetero) is 1. The van der Waals surface area contributed by atoms with Gasteiger partial charge in [-0.15, -0.1) is 0 Å². The van der Waals surface area contributed by atoms with Crippen molar-refractivity contribution in [1.82, 2.24) is 5.32 Å². The molecular weight excluding hydrogens is 370 g/mol. The number of methoxy groups -OCH3 is 1. The van der Waals surface area contributed by atoms with Crippen molar-refractivity contribution < 1.29 is 24.5 Å². The smallest absolute Gasteiger partial charge is 0.169 e. The molecule has 1 spiro atoms. The Morgan fingerprint density at radius 3 is 2.76 bits per heavy atom. The van der Waals surface area contributed by atoms with Gasteiger partial charge in [0.05, 0.1) is 6.10 Å². The monoisotopic (exact) mass is 403 g/mol. The van der Waals surface area contributed by atoms with Crippen LogP contribution in [-0.2, 0) is 14.3 Å². The summed E-state index contributed by atoms with van der Waals surface area (Å²) in [5.41, 5.74) is -1.96. The van der Waals surface area contributed by atoms with Crippen LogP contribution >= 0.6 is 0 Å². The lowest BCUT2D eigenvalue weighted by Gasteiger charge is -2.73. The highest BCUT2D eigenvalue weighted by molar-refractivity contribution is 5.96. The molecule has 2 saturated carbocycles. The Balaban J connectivity index is 1.73. The van der Waals surface area contributed by atoms with E-state index in [4.69, 9.17) is 9.47 Å². The first kappa shape index (κ1) is 19.9. The van der Waals surface area contributed by atoms with E-state index in [0.717, 1.165) is 31.3 Å². The molecule has 6 rings (SSSR count). The normalized spacial score (nSPS) is 52.5. The molecule has 6 nitrogen and oxygen atoms in total. The van der Waals surface area contributed by atoms with Crippen LogP contribution in [0.15, 0.2) is 23.3 Å². The molecule has 2 aliphatic heterocycles. The largest absolute Gasteiger partial charge is 0.390 e. The minimum atomic E-state index is -1.25. The number of rotatable bonds is 4. The topological polar surface area (TPSA) is 88.0 Å².